The van der Waals surface area contributed by atoms with Gasteiger partial charge in [0.25, 0.3) is 0 Å². The standard InChI is InChI=1S/C21H26O5/c1-11-8-15-14-5-4-12-9-13(22)6-7-18(12,2)21(14)16(26-21)10-19(15,3)20(11,25)17(23)24/h6-7,9,11,14-16,25H,4-5,8,10H2,1-3H3,(H,23,24)/t11-,14?,15?,16+,18+,19+,20+,21-/m1/s1. The SMILES string of the molecule is C[C@@H]1CC2C3CCC4=CC(=O)C=C[C@]4(C)[C@@]34O[C@H]4C[C@]2(C)[C@@]1(O)C(=O)O. The first-order chi connectivity index (χ1) is 12.1. The fourth-order valence-corrected chi connectivity index (χ4v) is 7.44. The average Bonchev–Trinajstić information content (AvgIpc) is 3.25. The Labute approximate surface area is 153 Å². The topological polar surface area (TPSA) is 87.1 Å². The minimum Gasteiger partial charge on any atom is -0.479 e. The fourth-order valence-electron chi connectivity index (χ4n) is 7.44. The van der Waals surface area contributed by atoms with E-state index in [4.69, 9.17) is 4.74 Å². The van der Waals surface area contributed by atoms with Crippen molar-refractivity contribution in [1.29, 1.82) is 0 Å². The first-order valence-electron chi connectivity index (χ1n) is 9.69. The van der Waals surface area contributed by atoms with Crippen LogP contribution in [0.4, 0.5) is 0 Å². The molecule has 2 N–H and O–H groups in total. The van der Waals surface area contributed by atoms with E-state index in [2.05, 4.69) is 6.92 Å². The molecule has 140 valence electrons. The normalized spacial score (nSPS) is 56.8. The first-order valence-corrected chi connectivity index (χ1v) is 9.69. The molecule has 0 amide bonds. The maximum Gasteiger partial charge on any atom is 0.336 e. The molecule has 1 heterocycles. The van der Waals surface area contributed by atoms with Crippen molar-refractivity contribution in [1.82, 2.24) is 0 Å². The Hall–Kier alpha value is -1.46. The average molecular weight is 358 g/mol. The van der Waals surface area contributed by atoms with Crippen molar-refractivity contribution in [3.8, 4) is 0 Å². The lowest BCUT2D eigenvalue weighted by molar-refractivity contribution is -0.183. The van der Waals surface area contributed by atoms with Crippen LogP contribution in [0, 0.1) is 28.6 Å². The molecule has 3 saturated carbocycles. The van der Waals surface area contributed by atoms with Crippen LogP contribution in [0.1, 0.15) is 46.5 Å². The zero-order valence-corrected chi connectivity index (χ0v) is 15.5. The number of epoxide rings is 1. The highest BCUT2D eigenvalue weighted by Gasteiger charge is 2.82. The first kappa shape index (κ1) is 16.7. The molecule has 1 aliphatic heterocycles. The van der Waals surface area contributed by atoms with E-state index < -0.39 is 17.0 Å². The van der Waals surface area contributed by atoms with Gasteiger partial charge < -0.3 is 14.9 Å². The minimum atomic E-state index is -1.70. The largest absolute Gasteiger partial charge is 0.479 e. The zero-order chi connectivity index (χ0) is 18.7. The van der Waals surface area contributed by atoms with Gasteiger partial charge in [0.1, 0.15) is 5.60 Å². The number of aliphatic hydroxyl groups is 1. The lowest BCUT2D eigenvalue weighted by atomic mass is 9.47. The molecule has 0 aromatic heterocycles. The number of carboxylic acid groups (broad SMARTS) is 1. The molecule has 1 spiro atoms. The second-order valence-electron chi connectivity index (χ2n) is 9.59. The summed E-state index contributed by atoms with van der Waals surface area (Å²) in [6, 6.07) is 0. The van der Waals surface area contributed by atoms with Crippen molar-refractivity contribution >= 4 is 11.8 Å². The summed E-state index contributed by atoms with van der Waals surface area (Å²) >= 11 is 0. The van der Waals surface area contributed by atoms with Gasteiger partial charge in [0.05, 0.1) is 6.10 Å². The summed E-state index contributed by atoms with van der Waals surface area (Å²) in [6.45, 7) is 5.99. The molecule has 26 heavy (non-hydrogen) atoms. The molecule has 0 bridgehead atoms. The van der Waals surface area contributed by atoms with E-state index in [-0.39, 0.29) is 40.7 Å². The van der Waals surface area contributed by atoms with Crippen molar-refractivity contribution in [2.45, 2.75) is 63.8 Å². The van der Waals surface area contributed by atoms with Gasteiger partial charge in [0.2, 0.25) is 0 Å². The molecule has 5 heteroatoms. The molecule has 1 saturated heterocycles. The molecule has 4 fully saturated rings. The van der Waals surface area contributed by atoms with Crippen LogP contribution in [0.5, 0.6) is 0 Å². The molecule has 5 rings (SSSR count). The number of hydrogen-bond donors (Lipinski definition) is 2. The van der Waals surface area contributed by atoms with Crippen molar-refractivity contribution in [2.75, 3.05) is 0 Å². The molecule has 5 nitrogen and oxygen atoms in total. The Morgan fingerprint density at radius 3 is 2.73 bits per heavy atom. The number of ketones is 1. The molecule has 8 atom stereocenters. The monoisotopic (exact) mass is 358 g/mol. The third-order valence-electron chi connectivity index (χ3n) is 8.84. The van der Waals surface area contributed by atoms with Crippen LogP contribution in [0.15, 0.2) is 23.8 Å². The van der Waals surface area contributed by atoms with Crippen LogP contribution in [0.25, 0.3) is 0 Å². The second-order valence-corrected chi connectivity index (χ2v) is 9.59. The van der Waals surface area contributed by atoms with Gasteiger partial charge in [-0.1, -0.05) is 25.5 Å². The number of rotatable bonds is 1. The van der Waals surface area contributed by atoms with Crippen molar-refractivity contribution in [2.24, 2.45) is 28.6 Å². The molecule has 0 aromatic carbocycles. The molecule has 0 radical (unpaired) electrons. The van der Waals surface area contributed by atoms with E-state index in [0.29, 0.717) is 12.8 Å². The number of aliphatic carboxylic acids is 1. The lowest BCUT2D eigenvalue weighted by Crippen LogP contribution is -2.61. The van der Waals surface area contributed by atoms with Gasteiger partial charge >= 0.3 is 5.97 Å². The third-order valence-corrected chi connectivity index (χ3v) is 8.84. The van der Waals surface area contributed by atoms with Gasteiger partial charge in [0, 0.05) is 10.8 Å². The number of carbonyl (C=O) groups is 2. The molecule has 0 aromatic rings. The summed E-state index contributed by atoms with van der Waals surface area (Å²) < 4.78 is 6.38. The maximum atomic E-state index is 12.1. The number of allylic oxidation sites excluding steroid dienone is 2. The van der Waals surface area contributed by atoms with Crippen LogP contribution < -0.4 is 0 Å². The predicted octanol–water partition coefficient (Wildman–Crippen LogP) is 2.49. The number of carboxylic acids is 1. The number of ether oxygens (including phenoxy) is 1. The van der Waals surface area contributed by atoms with Crippen LogP contribution in [0.2, 0.25) is 0 Å². The number of hydrogen-bond acceptors (Lipinski definition) is 4. The van der Waals surface area contributed by atoms with Gasteiger partial charge in [-0.2, -0.15) is 0 Å². The van der Waals surface area contributed by atoms with E-state index in [9.17, 15) is 19.8 Å². The molecule has 2 unspecified atom stereocenters. The summed E-state index contributed by atoms with van der Waals surface area (Å²) in [5.74, 6) is -1.02. The summed E-state index contributed by atoms with van der Waals surface area (Å²) in [4.78, 5) is 23.9. The Bertz CT molecular complexity index is 798. The van der Waals surface area contributed by atoms with Crippen LogP contribution >= 0.6 is 0 Å². The van der Waals surface area contributed by atoms with Crippen molar-refractivity contribution < 1.29 is 24.5 Å². The third kappa shape index (κ3) is 1.50. The summed E-state index contributed by atoms with van der Waals surface area (Å²) in [5, 5.41) is 21.1. The highest BCUT2D eigenvalue weighted by Crippen LogP contribution is 2.76. The minimum absolute atomic E-state index is 0.0416. The Morgan fingerprint density at radius 2 is 2.04 bits per heavy atom. The number of carbonyl (C=O) groups excluding carboxylic acids is 1. The summed E-state index contributed by atoms with van der Waals surface area (Å²) in [6.07, 6.45) is 8.37. The molecule has 5 aliphatic rings. The molecular formula is C21H26O5. The number of fused-ring (bicyclic) bond motifs is 3. The fraction of sp³-hybridized carbons (Fsp3) is 0.714. The lowest BCUT2D eigenvalue weighted by Gasteiger charge is -2.55. The zero-order valence-electron chi connectivity index (χ0n) is 15.5. The summed E-state index contributed by atoms with van der Waals surface area (Å²) in [7, 11) is 0. The van der Waals surface area contributed by atoms with E-state index >= 15 is 0 Å². The maximum absolute atomic E-state index is 12.1. The quantitative estimate of drug-likeness (QED) is 0.703. The Morgan fingerprint density at radius 1 is 1.31 bits per heavy atom. The Balaban J connectivity index is 1.62. The van der Waals surface area contributed by atoms with Crippen molar-refractivity contribution in [3.63, 3.8) is 0 Å². The highest BCUT2D eigenvalue weighted by atomic mass is 16.6. The van der Waals surface area contributed by atoms with Gasteiger partial charge in [-0.05, 0) is 62.5 Å². The van der Waals surface area contributed by atoms with E-state index in [1.54, 1.807) is 12.2 Å². The predicted molar refractivity (Wildman–Crippen MR) is 93.2 cm³/mol. The van der Waals surface area contributed by atoms with Crippen LogP contribution in [-0.4, -0.2) is 39.3 Å². The highest BCUT2D eigenvalue weighted by molar-refractivity contribution is 6.01. The second kappa shape index (κ2) is 4.50. The van der Waals surface area contributed by atoms with Crippen molar-refractivity contribution in [3.05, 3.63) is 23.8 Å². The van der Waals surface area contributed by atoms with Gasteiger partial charge in [-0.25, -0.2) is 4.79 Å². The smallest absolute Gasteiger partial charge is 0.336 e. The van der Waals surface area contributed by atoms with Crippen LogP contribution in [-0.2, 0) is 14.3 Å². The van der Waals surface area contributed by atoms with E-state index in [1.807, 2.05) is 19.9 Å². The van der Waals surface area contributed by atoms with Crippen LogP contribution in [0.3, 0.4) is 0 Å². The van der Waals surface area contributed by atoms with Gasteiger partial charge in [-0.3, -0.25) is 4.79 Å². The molecule has 4 aliphatic carbocycles. The molecular weight excluding hydrogens is 332 g/mol. The van der Waals surface area contributed by atoms with E-state index in [1.165, 1.54) is 0 Å². The Kier molecular flexibility index (Phi) is 2.89. The van der Waals surface area contributed by atoms with Gasteiger partial charge in [0.15, 0.2) is 11.4 Å². The summed E-state index contributed by atoms with van der Waals surface area (Å²) in [5.41, 5.74) is -1.89. The van der Waals surface area contributed by atoms with E-state index in [0.717, 1.165) is 18.4 Å². The van der Waals surface area contributed by atoms with Gasteiger partial charge in [-0.15, -0.1) is 0 Å².